The standard InChI is InChI=1S/C17H17N3O2S/c1-11-4-5-14-13(7-11)17(21)20(10-18-14)8-12-9-23-16(19-12)15-3-2-6-22-15/h4-5,7,9-10,15H,2-3,6,8H2,1H3. The molecule has 5 nitrogen and oxygen atoms in total. The number of fused-ring (bicyclic) bond motifs is 1. The molecule has 4 rings (SSSR count). The Bertz CT molecular complexity index is 910. The first-order valence-corrected chi connectivity index (χ1v) is 8.60. The SMILES string of the molecule is Cc1ccc2ncn(Cc3csc(C4CCCO4)n3)c(=O)c2c1. The van der Waals surface area contributed by atoms with E-state index in [0.29, 0.717) is 11.9 Å². The van der Waals surface area contributed by atoms with E-state index in [1.54, 1.807) is 22.2 Å². The normalized spacial score (nSPS) is 17.9. The van der Waals surface area contributed by atoms with Gasteiger partial charge in [0.05, 0.1) is 29.5 Å². The second-order valence-electron chi connectivity index (χ2n) is 5.88. The van der Waals surface area contributed by atoms with Gasteiger partial charge in [0, 0.05) is 12.0 Å². The molecule has 1 aliphatic heterocycles. The molecule has 1 fully saturated rings. The third-order valence-corrected chi connectivity index (χ3v) is 5.07. The Balaban J connectivity index is 1.65. The molecule has 1 atom stereocenters. The topological polar surface area (TPSA) is 57.0 Å². The van der Waals surface area contributed by atoms with Gasteiger partial charge in [0.15, 0.2) is 0 Å². The van der Waals surface area contributed by atoms with Gasteiger partial charge in [-0.25, -0.2) is 9.97 Å². The summed E-state index contributed by atoms with van der Waals surface area (Å²) in [5.41, 5.74) is 2.65. The number of thiazole rings is 1. The van der Waals surface area contributed by atoms with Gasteiger partial charge in [-0.3, -0.25) is 9.36 Å². The van der Waals surface area contributed by atoms with Gasteiger partial charge in [-0.05, 0) is 31.9 Å². The van der Waals surface area contributed by atoms with E-state index in [-0.39, 0.29) is 11.7 Å². The lowest BCUT2D eigenvalue weighted by atomic mass is 10.2. The summed E-state index contributed by atoms with van der Waals surface area (Å²) in [6.07, 6.45) is 3.85. The highest BCUT2D eigenvalue weighted by Crippen LogP contribution is 2.30. The molecule has 6 heteroatoms. The maximum absolute atomic E-state index is 12.6. The van der Waals surface area contributed by atoms with Crippen LogP contribution in [0.15, 0.2) is 34.7 Å². The largest absolute Gasteiger partial charge is 0.371 e. The molecule has 1 aromatic carbocycles. The predicted octanol–water partition coefficient (Wildman–Crippen LogP) is 3.06. The van der Waals surface area contributed by atoms with Crippen LogP contribution in [0.4, 0.5) is 0 Å². The Morgan fingerprint density at radius 1 is 1.43 bits per heavy atom. The van der Waals surface area contributed by atoms with Gasteiger partial charge >= 0.3 is 0 Å². The molecule has 1 saturated heterocycles. The van der Waals surface area contributed by atoms with Crippen LogP contribution in [0.5, 0.6) is 0 Å². The molecular weight excluding hydrogens is 310 g/mol. The Morgan fingerprint density at radius 3 is 3.17 bits per heavy atom. The van der Waals surface area contributed by atoms with Crippen LogP contribution in [0.25, 0.3) is 10.9 Å². The first-order valence-electron chi connectivity index (χ1n) is 7.72. The summed E-state index contributed by atoms with van der Waals surface area (Å²) in [6.45, 7) is 3.23. The summed E-state index contributed by atoms with van der Waals surface area (Å²) in [4.78, 5) is 21.6. The minimum Gasteiger partial charge on any atom is -0.371 e. The average molecular weight is 327 g/mol. The molecule has 1 aliphatic rings. The highest BCUT2D eigenvalue weighted by molar-refractivity contribution is 7.09. The molecule has 23 heavy (non-hydrogen) atoms. The number of hydrogen-bond donors (Lipinski definition) is 0. The van der Waals surface area contributed by atoms with Gasteiger partial charge < -0.3 is 4.74 Å². The maximum Gasteiger partial charge on any atom is 0.261 e. The third-order valence-electron chi connectivity index (χ3n) is 4.09. The van der Waals surface area contributed by atoms with Gasteiger partial charge in [-0.15, -0.1) is 11.3 Å². The number of rotatable bonds is 3. The molecule has 2 aromatic heterocycles. The smallest absolute Gasteiger partial charge is 0.261 e. The van der Waals surface area contributed by atoms with Crippen molar-refractivity contribution in [1.29, 1.82) is 0 Å². The molecule has 0 spiro atoms. The first-order chi connectivity index (χ1) is 11.2. The van der Waals surface area contributed by atoms with Crippen molar-refractivity contribution in [3.05, 3.63) is 56.5 Å². The van der Waals surface area contributed by atoms with Crippen LogP contribution >= 0.6 is 11.3 Å². The Morgan fingerprint density at radius 2 is 2.35 bits per heavy atom. The van der Waals surface area contributed by atoms with Crippen molar-refractivity contribution in [1.82, 2.24) is 14.5 Å². The quantitative estimate of drug-likeness (QED) is 0.742. The lowest BCUT2D eigenvalue weighted by molar-refractivity contribution is 0.111. The summed E-state index contributed by atoms with van der Waals surface area (Å²) in [6, 6.07) is 5.74. The fourth-order valence-electron chi connectivity index (χ4n) is 2.88. The summed E-state index contributed by atoms with van der Waals surface area (Å²) in [5.74, 6) is 0. The van der Waals surface area contributed by atoms with Crippen LogP contribution < -0.4 is 5.56 Å². The van der Waals surface area contributed by atoms with E-state index in [2.05, 4.69) is 9.97 Å². The minimum absolute atomic E-state index is 0.0228. The third kappa shape index (κ3) is 2.80. The van der Waals surface area contributed by atoms with Gasteiger partial charge in [0.1, 0.15) is 11.1 Å². The van der Waals surface area contributed by atoms with E-state index in [0.717, 1.165) is 41.2 Å². The molecule has 0 aliphatic carbocycles. The second kappa shape index (κ2) is 5.86. The van der Waals surface area contributed by atoms with Crippen molar-refractivity contribution in [2.45, 2.75) is 32.4 Å². The van der Waals surface area contributed by atoms with Gasteiger partial charge in [-0.1, -0.05) is 11.6 Å². The first kappa shape index (κ1) is 14.5. The summed E-state index contributed by atoms with van der Waals surface area (Å²) >= 11 is 1.61. The van der Waals surface area contributed by atoms with Crippen molar-refractivity contribution in [3.8, 4) is 0 Å². The fourth-order valence-corrected chi connectivity index (χ4v) is 3.77. The molecule has 0 radical (unpaired) electrons. The molecule has 3 aromatic rings. The number of aryl methyl sites for hydroxylation is 1. The molecule has 0 bridgehead atoms. The highest BCUT2D eigenvalue weighted by atomic mass is 32.1. The van der Waals surface area contributed by atoms with Crippen molar-refractivity contribution in [3.63, 3.8) is 0 Å². The molecule has 118 valence electrons. The van der Waals surface area contributed by atoms with Crippen LogP contribution in [0.2, 0.25) is 0 Å². The number of nitrogens with zero attached hydrogens (tertiary/aromatic N) is 3. The zero-order valence-corrected chi connectivity index (χ0v) is 13.7. The fraction of sp³-hybridized carbons (Fsp3) is 0.353. The number of aromatic nitrogens is 3. The molecule has 0 amide bonds. The Kier molecular flexibility index (Phi) is 3.71. The van der Waals surface area contributed by atoms with Crippen molar-refractivity contribution < 1.29 is 4.74 Å². The van der Waals surface area contributed by atoms with Crippen LogP contribution in [-0.2, 0) is 11.3 Å². The molecule has 3 heterocycles. The zero-order chi connectivity index (χ0) is 15.8. The van der Waals surface area contributed by atoms with E-state index in [1.165, 1.54) is 0 Å². The lowest BCUT2D eigenvalue weighted by Crippen LogP contribution is -2.21. The molecule has 0 saturated carbocycles. The van der Waals surface area contributed by atoms with Crippen LogP contribution in [-0.4, -0.2) is 21.1 Å². The van der Waals surface area contributed by atoms with Gasteiger partial charge in [-0.2, -0.15) is 0 Å². The van der Waals surface area contributed by atoms with E-state index in [9.17, 15) is 4.79 Å². The maximum atomic E-state index is 12.6. The molecular formula is C17H17N3O2S. The predicted molar refractivity (Wildman–Crippen MR) is 89.9 cm³/mol. The summed E-state index contributed by atoms with van der Waals surface area (Å²) < 4.78 is 7.29. The summed E-state index contributed by atoms with van der Waals surface area (Å²) in [7, 11) is 0. The lowest BCUT2D eigenvalue weighted by Gasteiger charge is -2.06. The number of benzene rings is 1. The van der Waals surface area contributed by atoms with Gasteiger partial charge in [0.2, 0.25) is 0 Å². The van der Waals surface area contributed by atoms with E-state index in [4.69, 9.17) is 4.74 Å². The van der Waals surface area contributed by atoms with Crippen molar-refractivity contribution >= 4 is 22.2 Å². The van der Waals surface area contributed by atoms with E-state index < -0.39 is 0 Å². The minimum atomic E-state index is -0.0228. The van der Waals surface area contributed by atoms with Crippen molar-refractivity contribution in [2.24, 2.45) is 0 Å². The van der Waals surface area contributed by atoms with Crippen LogP contribution in [0.1, 0.15) is 35.2 Å². The number of hydrogen-bond acceptors (Lipinski definition) is 5. The highest BCUT2D eigenvalue weighted by Gasteiger charge is 2.21. The number of ether oxygens (including phenoxy) is 1. The Hall–Kier alpha value is -2.05. The van der Waals surface area contributed by atoms with E-state index >= 15 is 0 Å². The van der Waals surface area contributed by atoms with Crippen LogP contribution in [0.3, 0.4) is 0 Å². The van der Waals surface area contributed by atoms with E-state index in [1.807, 2.05) is 30.5 Å². The second-order valence-corrected chi connectivity index (χ2v) is 6.77. The van der Waals surface area contributed by atoms with Crippen LogP contribution in [0, 0.1) is 6.92 Å². The Labute approximate surface area is 137 Å². The molecule has 1 unspecified atom stereocenters. The molecule has 0 N–H and O–H groups in total. The van der Waals surface area contributed by atoms with Crippen molar-refractivity contribution in [2.75, 3.05) is 6.61 Å². The van der Waals surface area contributed by atoms with Gasteiger partial charge in [0.25, 0.3) is 5.56 Å². The zero-order valence-electron chi connectivity index (χ0n) is 12.9. The summed E-state index contributed by atoms with van der Waals surface area (Å²) in [5, 5.41) is 3.67. The average Bonchev–Trinajstić information content (AvgIpc) is 3.22. The monoisotopic (exact) mass is 327 g/mol.